The fraction of sp³-hybridized carbons (Fsp3) is 0.767. The molecule has 0 aliphatic heterocycles. The van der Waals surface area contributed by atoms with Gasteiger partial charge in [0.1, 0.15) is 5.82 Å². The molecule has 7 heteroatoms. The summed E-state index contributed by atoms with van der Waals surface area (Å²) in [6, 6.07) is 2.38. The van der Waals surface area contributed by atoms with Gasteiger partial charge in [0.05, 0.1) is 10.5 Å². The summed E-state index contributed by atoms with van der Waals surface area (Å²) in [7, 11) is 0. The molecule has 1 N–H and O–H groups in total. The summed E-state index contributed by atoms with van der Waals surface area (Å²) in [5, 5.41) is 0. The smallest absolute Gasteiger partial charge is 0.296 e. The molecular weight excluding hydrogens is 498 g/mol. The third-order valence-electron chi connectivity index (χ3n) is 11.3. The Labute approximate surface area is 223 Å². The number of rotatable bonds is 6. The highest BCUT2D eigenvalue weighted by Crippen LogP contribution is 2.67. The van der Waals surface area contributed by atoms with Crippen LogP contribution in [0.5, 0.6) is 0 Å². The van der Waals surface area contributed by atoms with Crippen LogP contribution in [0, 0.1) is 46.2 Å². The van der Waals surface area contributed by atoms with Crippen LogP contribution in [-0.4, -0.2) is 5.91 Å². The van der Waals surface area contributed by atoms with E-state index in [0.717, 1.165) is 60.6 Å². The predicted molar refractivity (Wildman–Crippen MR) is 139 cm³/mol. The zero-order valence-corrected chi connectivity index (χ0v) is 23.0. The lowest BCUT2D eigenvalue weighted by Crippen LogP contribution is -2.52. The van der Waals surface area contributed by atoms with E-state index in [1.165, 1.54) is 64.2 Å². The average molecular weight is 540 g/mol. The van der Waals surface area contributed by atoms with Crippen LogP contribution in [0.15, 0.2) is 23.1 Å². The van der Waals surface area contributed by atoms with E-state index < -0.39 is 17.6 Å². The minimum absolute atomic E-state index is 0.00867. The molecule has 0 heterocycles. The van der Waals surface area contributed by atoms with Crippen molar-refractivity contribution in [3.8, 4) is 0 Å². The van der Waals surface area contributed by atoms with Crippen molar-refractivity contribution in [2.75, 3.05) is 0 Å². The largest absolute Gasteiger partial charge is 0.416 e. The molecule has 5 rings (SSSR count). The summed E-state index contributed by atoms with van der Waals surface area (Å²) in [4.78, 5) is 12.4. The monoisotopic (exact) mass is 539 g/mol. The summed E-state index contributed by atoms with van der Waals surface area (Å²) in [6.07, 6.45) is 11.4. The molecule has 4 saturated carbocycles. The Morgan fingerprint density at radius 2 is 1.78 bits per heavy atom. The molecule has 37 heavy (non-hydrogen) atoms. The minimum Gasteiger partial charge on any atom is -0.296 e. The van der Waals surface area contributed by atoms with E-state index in [-0.39, 0.29) is 10.8 Å². The first-order valence-electron chi connectivity index (χ1n) is 14.3. The van der Waals surface area contributed by atoms with Gasteiger partial charge in [-0.05, 0) is 135 Å². The van der Waals surface area contributed by atoms with E-state index in [2.05, 4.69) is 18.6 Å². The van der Waals surface area contributed by atoms with Gasteiger partial charge in [-0.1, -0.05) is 26.7 Å². The molecule has 0 aromatic heterocycles. The molecule has 0 radical (unpaired) electrons. The first-order chi connectivity index (χ1) is 17.5. The van der Waals surface area contributed by atoms with E-state index in [1.807, 2.05) is 0 Å². The molecule has 0 bridgehead atoms. The highest BCUT2D eigenvalue weighted by Gasteiger charge is 2.59. The third kappa shape index (κ3) is 5.19. The van der Waals surface area contributed by atoms with Gasteiger partial charge in [-0.2, -0.15) is 13.2 Å². The number of hydrogen-bond acceptors (Lipinski definition) is 2. The average Bonchev–Trinajstić information content (AvgIpc) is 3.18. The molecule has 1 aromatic rings. The van der Waals surface area contributed by atoms with Gasteiger partial charge >= 0.3 is 6.18 Å². The summed E-state index contributed by atoms with van der Waals surface area (Å²) in [5.41, 5.74) is -0.0878. The lowest BCUT2D eigenvalue weighted by Gasteiger charge is -2.60. The van der Waals surface area contributed by atoms with Crippen LogP contribution >= 0.6 is 11.9 Å². The van der Waals surface area contributed by atoms with E-state index in [1.54, 1.807) is 0 Å². The van der Waals surface area contributed by atoms with Gasteiger partial charge in [-0.3, -0.25) is 9.52 Å². The maximum Gasteiger partial charge on any atom is 0.416 e. The SMILES string of the molecule is CC12CCCCC1CCC1C2CCC2(C)C(CCCC(=O)NSc3ccc(C(F)(F)F)cc3F)CCC12. The van der Waals surface area contributed by atoms with Crippen LogP contribution in [0.1, 0.15) is 103 Å². The lowest BCUT2D eigenvalue weighted by molar-refractivity contribution is -0.137. The van der Waals surface area contributed by atoms with Gasteiger partial charge in [0.15, 0.2) is 0 Å². The summed E-state index contributed by atoms with van der Waals surface area (Å²) in [5.74, 6) is 3.02. The van der Waals surface area contributed by atoms with Crippen molar-refractivity contribution in [1.82, 2.24) is 4.72 Å². The zero-order valence-electron chi connectivity index (χ0n) is 22.1. The predicted octanol–water partition coefficient (Wildman–Crippen LogP) is 9.19. The highest BCUT2D eigenvalue weighted by molar-refractivity contribution is 7.98. The number of halogens is 4. The van der Waals surface area contributed by atoms with Gasteiger partial charge in [0.25, 0.3) is 0 Å². The number of nitrogens with one attached hydrogen (secondary N) is 1. The Morgan fingerprint density at radius 1 is 1.00 bits per heavy atom. The number of alkyl halides is 3. The zero-order chi connectivity index (χ0) is 26.4. The van der Waals surface area contributed by atoms with E-state index >= 15 is 0 Å². The number of benzene rings is 1. The van der Waals surface area contributed by atoms with Crippen molar-refractivity contribution in [1.29, 1.82) is 0 Å². The maximum atomic E-state index is 14.0. The molecule has 2 nitrogen and oxygen atoms in total. The summed E-state index contributed by atoms with van der Waals surface area (Å²) < 4.78 is 54.9. The summed E-state index contributed by atoms with van der Waals surface area (Å²) in [6.45, 7) is 5.15. The van der Waals surface area contributed by atoms with Crippen molar-refractivity contribution in [2.24, 2.45) is 40.4 Å². The molecular formula is C30H41F4NOS. The fourth-order valence-electron chi connectivity index (χ4n) is 9.31. The van der Waals surface area contributed by atoms with Gasteiger partial charge in [-0.25, -0.2) is 4.39 Å². The van der Waals surface area contributed by atoms with Crippen LogP contribution < -0.4 is 4.72 Å². The Bertz CT molecular complexity index is 998. The van der Waals surface area contributed by atoms with Crippen LogP contribution in [0.2, 0.25) is 0 Å². The molecule has 0 spiro atoms. The molecule has 206 valence electrons. The fourth-order valence-corrected chi connectivity index (χ4v) is 9.93. The highest BCUT2D eigenvalue weighted by atomic mass is 32.2. The van der Waals surface area contributed by atoms with E-state index in [4.69, 9.17) is 0 Å². The second-order valence-corrected chi connectivity index (χ2v) is 13.7. The normalized spacial score (nSPS) is 37.4. The number of carbonyl (C=O) groups excluding carboxylic acids is 1. The number of carbonyl (C=O) groups is 1. The molecule has 7 atom stereocenters. The Hall–Kier alpha value is -1.24. The van der Waals surface area contributed by atoms with Crippen LogP contribution in [0.25, 0.3) is 0 Å². The van der Waals surface area contributed by atoms with E-state index in [0.29, 0.717) is 29.2 Å². The van der Waals surface area contributed by atoms with Gasteiger partial charge in [0, 0.05) is 6.42 Å². The molecule has 1 aromatic carbocycles. The number of amides is 1. The quantitative estimate of drug-likeness (QED) is 0.288. The first kappa shape index (κ1) is 27.3. The topological polar surface area (TPSA) is 29.1 Å². The summed E-state index contributed by atoms with van der Waals surface area (Å²) >= 11 is 0.754. The second kappa shape index (κ2) is 10.4. The van der Waals surface area contributed by atoms with Crippen LogP contribution in [0.3, 0.4) is 0 Å². The number of hydrogen-bond donors (Lipinski definition) is 1. The first-order valence-corrected chi connectivity index (χ1v) is 15.2. The van der Waals surface area contributed by atoms with Gasteiger partial charge < -0.3 is 0 Å². The van der Waals surface area contributed by atoms with Crippen molar-refractivity contribution in [3.63, 3.8) is 0 Å². The van der Waals surface area contributed by atoms with Crippen LogP contribution in [-0.2, 0) is 11.0 Å². The Morgan fingerprint density at radius 3 is 2.54 bits per heavy atom. The van der Waals surface area contributed by atoms with Crippen molar-refractivity contribution in [3.05, 3.63) is 29.6 Å². The minimum atomic E-state index is -4.59. The maximum absolute atomic E-state index is 14.0. The molecule has 0 saturated heterocycles. The lowest BCUT2D eigenvalue weighted by atomic mass is 9.45. The van der Waals surface area contributed by atoms with Crippen LogP contribution in [0.4, 0.5) is 17.6 Å². The molecule has 4 aliphatic rings. The Kier molecular flexibility index (Phi) is 7.67. The van der Waals surface area contributed by atoms with Crippen molar-refractivity contribution in [2.45, 2.75) is 108 Å². The third-order valence-corrected chi connectivity index (χ3v) is 12.2. The number of fused-ring (bicyclic) bond motifs is 5. The second-order valence-electron chi connectivity index (χ2n) is 12.9. The molecule has 7 unspecified atom stereocenters. The molecule has 1 amide bonds. The molecule has 4 fully saturated rings. The molecule has 4 aliphatic carbocycles. The standard InChI is InChI=1S/C30H41F4NOS/c1-28-16-4-3-6-19(28)9-12-22-23-13-10-20(29(23,2)17-15-24(22)28)7-5-8-27(36)35-37-26-14-11-21(18-25(26)31)30(32,33)34/h11,14,18-20,22-24H,3-10,12-13,15-17H2,1-2H3,(H,35,36). The van der Waals surface area contributed by atoms with Crippen molar-refractivity contribution < 1.29 is 22.4 Å². The van der Waals surface area contributed by atoms with Crippen molar-refractivity contribution >= 4 is 17.9 Å². The van der Waals surface area contributed by atoms with E-state index in [9.17, 15) is 22.4 Å². The Balaban J connectivity index is 1.11. The van der Waals surface area contributed by atoms with Gasteiger partial charge in [-0.15, -0.1) is 0 Å². The van der Waals surface area contributed by atoms with Gasteiger partial charge in [0.2, 0.25) is 5.91 Å².